The van der Waals surface area contributed by atoms with Crippen LogP contribution in [0.15, 0.2) is 0 Å². The summed E-state index contributed by atoms with van der Waals surface area (Å²) in [5, 5.41) is 0. The zero-order valence-corrected chi connectivity index (χ0v) is 23.6. The van der Waals surface area contributed by atoms with Crippen LogP contribution in [0.3, 0.4) is 0 Å². The molecule has 0 unspecified atom stereocenters. The molecule has 2 saturated heterocycles. The maximum absolute atomic E-state index is 6.99. The fraction of sp³-hybridized carbons (Fsp3) is 1.00. The fourth-order valence-corrected chi connectivity index (χ4v) is 11.4. The molecule has 2 aliphatic heterocycles. The Balaban J connectivity index is 1.10. The van der Waals surface area contributed by atoms with Crippen molar-refractivity contribution in [2.24, 2.45) is 52.3 Å². The van der Waals surface area contributed by atoms with Gasteiger partial charge in [-0.2, -0.15) is 0 Å². The summed E-state index contributed by atoms with van der Waals surface area (Å²) in [6, 6.07) is 0. The van der Waals surface area contributed by atoms with E-state index < -0.39 is 0 Å². The molecule has 200 valence electrons. The molecular formula is C32H55NO2. The number of nitrogens with zero attached hydrogens (tertiary/aromatic N) is 1. The maximum atomic E-state index is 6.99. The first-order valence-corrected chi connectivity index (χ1v) is 15.7. The van der Waals surface area contributed by atoms with Crippen LogP contribution in [0.25, 0.3) is 0 Å². The zero-order chi connectivity index (χ0) is 24.4. The Bertz CT molecular complexity index is 750. The van der Waals surface area contributed by atoms with Gasteiger partial charge in [-0.25, -0.2) is 0 Å². The van der Waals surface area contributed by atoms with Gasteiger partial charge in [0, 0.05) is 13.7 Å². The van der Waals surface area contributed by atoms with Crippen LogP contribution in [0.5, 0.6) is 0 Å². The van der Waals surface area contributed by atoms with Gasteiger partial charge in [0.25, 0.3) is 0 Å². The van der Waals surface area contributed by atoms with Crippen LogP contribution in [0, 0.1) is 52.3 Å². The molecule has 4 aliphatic carbocycles. The minimum Gasteiger partial charge on any atom is -0.381 e. The molecule has 0 radical (unpaired) electrons. The van der Waals surface area contributed by atoms with Gasteiger partial charge >= 0.3 is 0 Å². The SMILES string of the molecule is CO[C@H]1CC[C@@]2(C)[C@H](CC[C@@H]3[C@@H]2CC[C@]2(C)[C@H]4[C@H](C)[C@@H](CC[C@@H](C)CN5CCCC5)O[C@H]4C[C@@H]32)C1. The molecule has 3 nitrogen and oxygen atoms in total. The standard InChI is InChI=1S/C32H55NO2/c1-21(20-33-16-6-7-17-33)8-11-28-22(2)30-29(35-28)19-27-25-10-9-23-18-24(34-5)12-14-31(23,3)26(25)13-15-32(27,30)4/h21-30H,6-20H2,1-5H3/t21-,22-,23-,24+,25-,26+,27+,28-,29+,30+,31+,32+/m1/s1. The van der Waals surface area contributed by atoms with Crippen LogP contribution in [0.1, 0.15) is 105 Å². The van der Waals surface area contributed by atoms with Crippen LogP contribution in [0.4, 0.5) is 0 Å². The third kappa shape index (κ3) is 4.17. The first kappa shape index (κ1) is 25.2. The van der Waals surface area contributed by atoms with Gasteiger partial charge < -0.3 is 14.4 Å². The molecule has 0 bridgehead atoms. The quantitative estimate of drug-likeness (QED) is 0.397. The van der Waals surface area contributed by atoms with Gasteiger partial charge in [0.2, 0.25) is 0 Å². The summed E-state index contributed by atoms with van der Waals surface area (Å²) in [4.78, 5) is 2.69. The summed E-state index contributed by atoms with van der Waals surface area (Å²) in [5.41, 5.74) is 1.09. The van der Waals surface area contributed by atoms with Crippen LogP contribution in [0.2, 0.25) is 0 Å². The number of methoxy groups -OCH3 is 1. The smallest absolute Gasteiger partial charge is 0.0618 e. The Hall–Kier alpha value is -0.120. The van der Waals surface area contributed by atoms with Crippen molar-refractivity contribution in [1.29, 1.82) is 0 Å². The van der Waals surface area contributed by atoms with Crippen molar-refractivity contribution in [3.8, 4) is 0 Å². The van der Waals surface area contributed by atoms with Crippen molar-refractivity contribution >= 4 is 0 Å². The second-order valence-electron chi connectivity index (χ2n) is 14.9. The molecule has 3 heteroatoms. The first-order valence-electron chi connectivity index (χ1n) is 15.7. The molecule has 0 N–H and O–H groups in total. The number of hydrogen-bond donors (Lipinski definition) is 0. The fourth-order valence-electron chi connectivity index (χ4n) is 11.4. The van der Waals surface area contributed by atoms with Crippen LogP contribution in [-0.4, -0.2) is 50.0 Å². The van der Waals surface area contributed by atoms with E-state index in [1.807, 2.05) is 7.11 Å². The molecule has 6 aliphatic rings. The van der Waals surface area contributed by atoms with E-state index in [1.54, 1.807) is 0 Å². The van der Waals surface area contributed by atoms with Gasteiger partial charge in [-0.15, -0.1) is 0 Å². The molecule has 0 spiro atoms. The largest absolute Gasteiger partial charge is 0.381 e. The number of fused-ring (bicyclic) bond motifs is 7. The lowest BCUT2D eigenvalue weighted by molar-refractivity contribution is -0.133. The number of hydrogen-bond acceptors (Lipinski definition) is 3. The Labute approximate surface area is 216 Å². The monoisotopic (exact) mass is 485 g/mol. The summed E-state index contributed by atoms with van der Waals surface area (Å²) in [6.07, 6.45) is 18.3. The lowest BCUT2D eigenvalue weighted by Gasteiger charge is -2.61. The Kier molecular flexibility index (Phi) is 6.88. The van der Waals surface area contributed by atoms with Crippen molar-refractivity contribution in [1.82, 2.24) is 4.90 Å². The van der Waals surface area contributed by atoms with Gasteiger partial charge in [0.05, 0.1) is 18.3 Å². The predicted octanol–water partition coefficient (Wildman–Crippen LogP) is 7.19. The van der Waals surface area contributed by atoms with Gasteiger partial charge in [-0.05, 0) is 142 Å². The summed E-state index contributed by atoms with van der Waals surface area (Å²) in [5.74, 6) is 6.08. The average molecular weight is 486 g/mol. The van der Waals surface area contributed by atoms with Gasteiger partial charge in [-0.1, -0.05) is 27.7 Å². The average Bonchev–Trinajstić information content (AvgIpc) is 3.53. The lowest BCUT2D eigenvalue weighted by atomic mass is 9.44. The molecule has 6 rings (SSSR count). The second-order valence-corrected chi connectivity index (χ2v) is 14.9. The lowest BCUT2D eigenvalue weighted by Crippen LogP contribution is -2.54. The molecule has 12 atom stereocenters. The van der Waals surface area contributed by atoms with Crippen LogP contribution >= 0.6 is 0 Å². The Morgan fingerprint density at radius 3 is 2.51 bits per heavy atom. The summed E-state index contributed by atoms with van der Waals surface area (Å²) in [7, 11) is 1.94. The van der Waals surface area contributed by atoms with Gasteiger partial charge in [0.1, 0.15) is 0 Å². The highest BCUT2D eigenvalue weighted by Crippen LogP contribution is 2.70. The van der Waals surface area contributed by atoms with Gasteiger partial charge in [-0.3, -0.25) is 0 Å². The van der Waals surface area contributed by atoms with Gasteiger partial charge in [0.15, 0.2) is 0 Å². The van der Waals surface area contributed by atoms with E-state index in [9.17, 15) is 0 Å². The molecule has 6 fully saturated rings. The summed E-state index contributed by atoms with van der Waals surface area (Å²) >= 11 is 0. The van der Waals surface area contributed by atoms with Crippen molar-refractivity contribution in [2.45, 2.75) is 123 Å². The minimum absolute atomic E-state index is 0.513. The molecule has 2 heterocycles. The highest BCUT2D eigenvalue weighted by atomic mass is 16.5. The maximum Gasteiger partial charge on any atom is 0.0618 e. The van der Waals surface area contributed by atoms with Crippen LogP contribution < -0.4 is 0 Å². The molecule has 0 aromatic carbocycles. The summed E-state index contributed by atoms with van der Waals surface area (Å²) in [6.45, 7) is 14.4. The van der Waals surface area contributed by atoms with E-state index >= 15 is 0 Å². The molecule has 35 heavy (non-hydrogen) atoms. The highest BCUT2D eigenvalue weighted by molar-refractivity contribution is 5.14. The highest BCUT2D eigenvalue weighted by Gasteiger charge is 2.65. The number of rotatable bonds is 6. The van der Waals surface area contributed by atoms with E-state index in [0.29, 0.717) is 29.1 Å². The van der Waals surface area contributed by atoms with E-state index in [2.05, 4.69) is 32.6 Å². The number of ether oxygens (including phenoxy) is 2. The van der Waals surface area contributed by atoms with E-state index in [1.165, 1.54) is 96.7 Å². The molecule has 0 amide bonds. The van der Waals surface area contributed by atoms with E-state index in [-0.39, 0.29) is 0 Å². The van der Waals surface area contributed by atoms with Crippen molar-refractivity contribution in [2.75, 3.05) is 26.7 Å². The predicted molar refractivity (Wildman–Crippen MR) is 143 cm³/mol. The molecular weight excluding hydrogens is 430 g/mol. The van der Waals surface area contributed by atoms with E-state index in [0.717, 1.165) is 41.4 Å². The Morgan fingerprint density at radius 2 is 1.74 bits per heavy atom. The summed E-state index contributed by atoms with van der Waals surface area (Å²) < 4.78 is 12.8. The van der Waals surface area contributed by atoms with E-state index in [4.69, 9.17) is 9.47 Å². The molecule has 0 aromatic heterocycles. The zero-order valence-electron chi connectivity index (χ0n) is 23.6. The third-order valence-corrected chi connectivity index (χ3v) is 13.3. The topological polar surface area (TPSA) is 21.7 Å². The van der Waals surface area contributed by atoms with Crippen molar-refractivity contribution in [3.63, 3.8) is 0 Å². The second kappa shape index (κ2) is 9.57. The first-order chi connectivity index (χ1) is 16.8. The van der Waals surface area contributed by atoms with Crippen molar-refractivity contribution < 1.29 is 9.47 Å². The Morgan fingerprint density at radius 1 is 0.971 bits per heavy atom. The third-order valence-electron chi connectivity index (χ3n) is 13.3. The minimum atomic E-state index is 0.513. The van der Waals surface area contributed by atoms with Crippen LogP contribution in [-0.2, 0) is 9.47 Å². The number of likely N-dealkylation sites (tertiary alicyclic amines) is 1. The molecule has 4 saturated carbocycles. The molecule has 0 aromatic rings. The van der Waals surface area contributed by atoms with Crippen molar-refractivity contribution in [3.05, 3.63) is 0 Å². The normalized spacial score (nSPS) is 52.5.